The molecule has 0 aromatic carbocycles. The first-order valence-electron chi connectivity index (χ1n) is 11.3. The summed E-state index contributed by atoms with van der Waals surface area (Å²) < 4.78 is 21.1. The van der Waals surface area contributed by atoms with Gasteiger partial charge in [-0.15, -0.1) is 0 Å². The minimum atomic E-state index is -0.572. The highest BCUT2D eigenvalue weighted by Gasteiger charge is 2.29. The number of aromatic nitrogens is 7. The van der Waals surface area contributed by atoms with Crippen LogP contribution in [0.15, 0.2) is 60.1 Å². The second kappa shape index (κ2) is 7.80. The normalized spacial score (nSPS) is 13.5. The van der Waals surface area contributed by atoms with Crippen molar-refractivity contribution in [2.24, 2.45) is 5.92 Å². The van der Waals surface area contributed by atoms with Gasteiger partial charge >= 0.3 is 0 Å². The molecule has 0 saturated heterocycles. The number of hydrogen-bond donors (Lipinski definition) is 3. The fraction of sp³-hybridized carbons (Fsp3) is 0.120. The first kappa shape index (κ1) is 20.4. The number of H-pyrrole nitrogens is 2. The Kier molecular flexibility index (Phi) is 4.43. The van der Waals surface area contributed by atoms with Crippen LogP contribution in [0.25, 0.3) is 55.8 Å². The van der Waals surface area contributed by atoms with Crippen LogP contribution in [0.2, 0.25) is 0 Å². The number of amides is 1. The summed E-state index contributed by atoms with van der Waals surface area (Å²) in [5.41, 5.74) is 4.71. The third kappa shape index (κ3) is 3.32. The maximum atomic E-state index is 15.9. The van der Waals surface area contributed by atoms with Gasteiger partial charge in [0.25, 0.3) is 0 Å². The molecule has 10 nitrogen and oxygen atoms in total. The van der Waals surface area contributed by atoms with E-state index in [1.807, 2.05) is 6.07 Å². The van der Waals surface area contributed by atoms with E-state index in [1.165, 1.54) is 18.6 Å². The molecule has 0 unspecified atom stereocenters. The Morgan fingerprint density at radius 1 is 1.06 bits per heavy atom. The van der Waals surface area contributed by atoms with Crippen molar-refractivity contribution < 1.29 is 13.6 Å². The fourth-order valence-corrected chi connectivity index (χ4v) is 4.25. The van der Waals surface area contributed by atoms with Gasteiger partial charge in [-0.05, 0) is 25.0 Å². The number of hydrogen-bond acceptors (Lipinski definition) is 7. The molecular weight excluding hydrogens is 463 g/mol. The van der Waals surface area contributed by atoms with Crippen LogP contribution in [0, 0.1) is 11.7 Å². The van der Waals surface area contributed by atoms with Gasteiger partial charge < -0.3 is 14.7 Å². The summed E-state index contributed by atoms with van der Waals surface area (Å²) in [5, 5.41) is 10.2. The summed E-state index contributed by atoms with van der Waals surface area (Å²) >= 11 is 0. The van der Waals surface area contributed by atoms with Crippen LogP contribution < -0.4 is 5.32 Å². The van der Waals surface area contributed by atoms with Crippen molar-refractivity contribution in [2.45, 2.75) is 12.8 Å². The Labute approximate surface area is 202 Å². The van der Waals surface area contributed by atoms with E-state index < -0.39 is 5.82 Å². The number of rotatable bonds is 5. The number of fused-ring (bicyclic) bond motifs is 2. The smallest absolute Gasteiger partial charge is 0.227 e. The van der Waals surface area contributed by atoms with E-state index in [-0.39, 0.29) is 22.9 Å². The van der Waals surface area contributed by atoms with Gasteiger partial charge in [-0.2, -0.15) is 5.10 Å². The maximum Gasteiger partial charge on any atom is 0.227 e. The van der Waals surface area contributed by atoms with E-state index in [2.05, 4.69) is 35.5 Å². The van der Waals surface area contributed by atoms with E-state index in [1.54, 1.807) is 31.0 Å². The van der Waals surface area contributed by atoms with Gasteiger partial charge in [0, 0.05) is 35.0 Å². The molecule has 0 bridgehead atoms. The van der Waals surface area contributed by atoms with E-state index in [4.69, 9.17) is 9.40 Å². The van der Waals surface area contributed by atoms with Crippen molar-refractivity contribution in [1.29, 1.82) is 0 Å². The molecule has 1 aliphatic carbocycles. The summed E-state index contributed by atoms with van der Waals surface area (Å²) in [7, 11) is 0. The van der Waals surface area contributed by atoms with Crippen molar-refractivity contribution in [1.82, 2.24) is 35.1 Å². The molecule has 3 N–H and O–H groups in total. The molecule has 6 aromatic rings. The Hall–Kier alpha value is -4.93. The number of nitrogens with one attached hydrogen (secondary N) is 3. The monoisotopic (exact) mass is 480 g/mol. The number of carbonyl (C=O) groups excluding carboxylic acids is 1. The standard InChI is InChI=1S/C25H17FN8O2/c26-20-19-17(10-29-21(20)14-5-15(7-27-6-14)30-25(35)12-1-2-12)33-34-23(19)24-31-18-9-28-8-16(22(18)32-24)13-3-4-36-11-13/h3-12H,1-2H2,(H,30,35)(H,31,32)(H,33,34). The predicted octanol–water partition coefficient (Wildman–Crippen LogP) is 4.71. The number of halogens is 1. The SMILES string of the molecule is O=C(Nc1cncc(-c2ncc3[nH]nc(-c4nc5c(-c6ccoc6)cncc5[nH]4)c3c2F)c1)C1CC1. The van der Waals surface area contributed by atoms with E-state index in [0.717, 1.165) is 24.0 Å². The molecule has 1 saturated carbocycles. The topological polar surface area (TPSA) is 138 Å². The number of pyridine rings is 3. The molecule has 176 valence electrons. The number of furan rings is 1. The first-order chi connectivity index (χ1) is 17.7. The number of anilines is 1. The van der Waals surface area contributed by atoms with Gasteiger partial charge in [-0.3, -0.25) is 24.8 Å². The third-order valence-corrected chi connectivity index (χ3v) is 6.22. The lowest BCUT2D eigenvalue weighted by atomic mass is 10.1. The molecule has 6 aromatic heterocycles. The quantitative estimate of drug-likeness (QED) is 0.325. The van der Waals surface area contributed by atoms with Gasteiger partial charge in [0.05, 0.1) is 53.2 Å². The molecule has 36 heavy (non-hydrogen) atoms. The largest absolute Gasteiger partial charge is 0.472 e. The van der Waals surface area contributed by atoms with Gasteiger partial charge in [0.1, 0.15) is 16.9 Å². The molecule has 11 heteroatoms. The third-order valence-electron chi connectivity index (χ3n) is 6.22. The van der Waals surface area contributed by atoms with Gasteiger partial charge in [-0.1, -0.05) is 0 Å². The predicted molar refractivity (Wildman–Crippen MR) is 129 cm³/mol. The highest BCUT2D eigenvalue weighted by molar-refractivity contribution is 5.98. The van der Waals surface area contributed by atoms with Crippen LogP contribution in [0.3, 0.4) is 0 Å². The zero-order valence-corrected chi connectivity index (χ0v) is 18.6. The molecule has 0 radical (unpaired) electrons. The Morgan fingerprint density at radius 2 is 1.94 bits per heavy atom. The van der Waals surface area contributed by atoms with Crippen molar-refractivity contribution in [3.05, 3.63) is 61.5 Å². The molecular formula is C25H17FN8O2. The summed E-state index contributed by atoms with van der Waals surface area (Å²) in [6.45, 7) is 0. The first-order valence-corrected chi connectivity index (χ1v) is 11.3. The lowest BCUT2D eigenvalue weighted by molar-refractivity contribution is -0.117. The second-order valence-electron chi connectivity index (χ2n) is 8.69. The highest BCUT2D eigenvalue weighted by Crippen LogP contribution is 2.35. The summed E-state index contributed by atoms with van der Waals surface area (Å²) in [6, 6.07) is 3.48. The van der Waals surface area contributed by atoms with Gasteiger partial charge in [-0.25, -0.2) is 9.37 Å². The van der Waals surface area contributed by atoms with Crippen molar-refractivity contribution >= 4 is 33.5 Å². The molecule has 6 heterocycles. The van der Waals surface area contributed by atoms with Crippen LogP contribution in [-0.4, -0.2) is 41.0 Å². The maximum absolute atomic E-state index is 15.9. The average Bonchev–Trinajstić information content (AvgIpc) is 3.27. The number of nitrogens with zero attached hydrogens (tertiary/aromatic N) is 5. The van der Waals surface area contributed by atoms with Crippen LogP contribution in [-0.2, 0) is 4.79 Å². The zero-order valence-electron chi connectivity index (χ0n) is 18.6. The number of aromatic amines is 2. The Morgan fingerprint density at radius 3 is 2.78 bits per heavy atom. The molecule has 1 aliphatic rings. The second-order valence-corrected chi connectivity index (χ2v) is 8.69. The van der Waals surface area contributed by atoms with Crippen LogP contribution in [0.5, 0.6) is 0 Å². The molecule has 0 aliphatic heterocycles. The molecule has 0 atom stereocenters. The Balaban J connectivity index is 1.32. The minimum Gasteiger partial charge on any atom is -0.472 e. The summed E-state index contributed by atoms with van der Waals surface area (Å²) in [5.74, 6) is -0.198. The van der Waals surface area contributed by atoms with Crippen LogP contribution >= 0.6 is 0 Å². The number of carbonyl (C=O) groups is 1. The molecule has 0 spiro atoms. The van der Waals surface area contributed by atoms with Crippen LogP contribution in [0.1, 0.15) is 12.8 Å². The lowest BCUT2D eigenvalue weighted by Crippen LogP contribution is -2.13. The fourth-order valence-electron chi connectivity index (χ4n) is 4.25. The number of imidazole rings is 1. The van der Waals surface area contributed by atoms with E-state index in [0.29, 0.717) is 39.3 Å². The highest BCUT2D eigenvalue weighted by atomic mass is 19.1. The lowest BCUT2D eigenvalue weighted by Gasteiger charge is -2.07. The van der Waals surface area contributed by atoms with Crippen molar-refractivity contribution in [2.75, 3.05) is 5.32 Å². The molecule has 1 fully saturated rings. The average molecular weight is 480 g/mol. The van der Waals surface area contributed by atoms with E-state index in [9.17, 15) is 4.79 Å². The van der Waals surface area contributed by atoms with Crippen LogP contribution in [0.4, 0.5) is 10.1 Å². The summed E-state index contributed by atoms with van der Waals surface area (Å²) in [4.78, 5) is 32.8. The van der Waals surface area contributed by atoms with Gasteiger partial charge in [0.2, 0.25) is 5.91 Å². The van der Waals surface area contributed by atoms with Crippen molar-refractivity contribution in [3.8, 4) is 33.9 Å². The minimum absolute atomic E-state index is 0.0430. The summed E-state index contributed by atoms with van der Waals surface area (Å²) in [6.07, 6.45) is 12.9. The Bertz CT molecular complexity index is 1770. The zero-order chi connectivity index (χ0) is 24.2. The molecule has 7 rings (SSSR count). The molecule has 1 amide bonds. The van der Waals surface area contributed by atoms with E-state index >= 15 is 4.39 Å². The van der Waals surface area contributed by atoms with Gasteiger partial charge in [0.15, 0.2) is 11.6 Å². The van der Waals surface area contributed by atoms with Crippen molar-refractivity contribution in [3.63, 3.8) is 0 Å².